The molecule has 5 nitrogen and oxygen atoms in total. The molecule has 0 saturated heterocycles. The number of hydrogen-bond donors (Lipinski definition) is 1. The number of fused-ring (bicyclic) bond motifs is 1. The number of hydrogen-bond acceptors (Lipinski definition) is 5. The summed E-state index contributed by atoms with van der Waals surface area (Å²) in [6.07, 6.45) is 3.64. The van der Waals surface area contributed by atoms with Gasteiger partial charge in [0.15, 0.2) is 5.16 Å². The standard InChI is InChI=1S/C27H27ClFN3O2S2/c28-22-17-21(29)11-10-20(22)18-36-27-31-23-13-16-35-25(23)26(34)32(27)15-6-2-5-9-24(33)30-14-12-19-7-3-1-4-8-19/h1,3-4,7-8,10-11,13,16-17H,2,5-6,9,12,14-15,18H2,(H,30,33). The summed E-state index contributed by atoms with van der Waals surface area (Å²) in [5, 5.41) is 5.81. The Morgan fingerprint density at radius 1 is 1.11 bits per heavy atom. The molecule has 0 saturated carbocycles. The van der Waals surface area contributed by atoms with Crippen LogP contribution >= 0.6 is 34.7 Å². The maximum Gasteiger partial charge on any atom is 0.272 e. The fourth-order valence-electron chi connectivity index (χ4n) is 3.82. The lowest BCUT2D eigenvalue weighted by Gasteiger charge is -2.12. The Hall–Kier alpha value is -2.68. The van der Waals surface area contributed by atoms with Crippen LogP contribution < -0.4 is 10.9 Å². The molecular formula is C27H27ClFN3O2S2. The quantitative estimate of drug-likeness (QED) is 0.126. The van der Waals surface area contributed by atoms with E-state index in [1.54, 1.807) is 10.6 Å². The van der Waals surface area contributed by atoms with Crippen molar-refractivity contribution in [1.29, 1.82) is 0 Å². The van der Waals surface area contributed by atoms with Gasteiger partial charge in [-0.15, -0.1) is 11.3 Å². The highest BCUT2D eigenvalue weighted by molar-refractivity contribution is 7.98. The third-order valence-corrected chi connectivity index (χ3v) is 8.04. The van der Waals surface area contributed by atoms with Crippen molar-refractivity contribution in [3.63, 3.8) is 0 Å². The number of amides is 1. The Morgan fingerprint density at radius 3 is 2.75 bits per heavy atom. The zero-order valence-electron chi connectivity index (χ0n) is 19.7. The highest BCUT2D eigenvalue weighted by Gasteiger charge is 2.14. The maximum absolute atomic E-state index is 13.4. The minimum atomic E-state index is -0.381. The normalized spacial score (nSPS) is 11.2. The van der Waals surface area contributed by atoms with Crippen LogP contribution in [-0.2, 0) is 23.5 Å². The maximum atomic E-state index is 13.4. The number of thioether (sulfide) groups is 1. The number of aromatic nitrogens is 2. The molecule has 2 aromatic heterocycles. The third-order valence-electron chi connectivity index (χ3n) is 5.77. The molecule has 0 bridgehead atoms. The lowest BCUT2D eigenvalue weighted by atomic mass is 10.1. The third kappa shape index (κ3) is 7.18. The number of carbonyl (C=O) groups excluding carboxylic acids is 1. The number of halogens is 2. The van der Waals surface area contributed by atoms with Gasteiger partial charge in [0, 0.05) is 30.3 Å². The molecule has 0 fully saturated rings. The number of unbranched alkanes of at least 4 members (excludes halogenated alkanes) is 2. The summed E-state index contributed by atoms with van der Waals surface area (Å²) >= 11 is 8.98. The van der Waals surface area contributed by atoms with Gasteiger partial charge in [0.1, 0.15) is 10.5 Å². The second-order valence-electron chi connectivity index (χ2n) is 8.41. The molecule has 4 rings (SSSR count). The van der Waals surface area contributed by atoms with Crippen molar-refractivity contribution in [2.45, 2.75) is 49.6 Å². The first-order valence-electron chi connectivity index (χ1n) is 11.9. The molecule has 1 amide bonds. The van der Waals surface area contributed by atoms with Gasteiger partial charge < -0.3 is 5.32 Å². The molecule has 0 unspecified atom stereocenters. The molecule has 0 atom stereocenters. The van der Waals surface area contributed by atoms with E-state index in [1.807, 2.05) is 29.6 Å². The molecule has 0 aliphatic heterocycles. The van der Waals surface area contributed by atoms with Crippen molar-refractivity contribution < 1.29 is 9.18 Å². The smallest absolute Gasteiger partial charge is 0.272 e. The summed E-state index contributed by atoms with van der Waals surface area (Å²) in [5.41, 5.74) is 2.62. The Labute approximate surface area is 222 Å². The van der Waals surface area contributed by atoms with Crippen molar-refractivity contribution >= 4 is 50.8 Å². The summed E-state index contributed by atoms with van der Waals surface area (Å²) in [5.74, 6) is 0.148. The Balaban J connectivity index is 1.29. The molecular weight excluding hydrogens is 517 g/mol. The average molecular weight is 544 g/mol. The molecule has 0 radical (unpaired) electrons. The second-order valence-corrected chi connectivity index (χ2v) is 10.7. The summed E-state index contributed by atoms with van der Waals surface area (Å²) in [7, 11) is 0. The van der Waals surface area contributed by atoms with Crippen LogP contribution in [0.15, 0.2) is 69.9 Å². The summed E-state index contributed by atoms with van der Waals surface area (Å²) in [6, 6.07) is 16.2. The van der Waals surface area contributed by atoms with Crippen LogP contribution in [0.5, 0.6) is 0 Å². The zero-order valence-corrected chi connectivity index (χ0v) is 22.1. The van der Waals surface area contributed by atoms with E-state index in [4.69, 9.17) is 16.6 Å². The first-order chi connectivity index (χ1) is 17.5. The van der Waals surface area contributed by atoms with Crippen LogP contribution in [0, 0.1) is 5.82 Å². The number of nitrogens with one attached hydrogen (secondary N) is 1. The molecule has 2 heterocycles. The Bertz CT molecular complexity index is 1370. The minimum Gasteiger partial charge on any atom is -0.356 e. The number of thiophene rings is 1. The van der Waals surface area contributed by atoms with Gasteiger partial charge in [0.2, 0.25) is 5.91 Å². The molecule has 0 aliphatic carbocycles. The van der Waals surface area contributed by atoms with E-state index < -0.39 is 0 Å². The predicted molar refractivity (Wildman–Crippen MR) is 146 cm³/mol. The van der Waals surface area contributed by atoms with Crippen molar-refractivity contribution in [2.75, 3.05) is 6.54 Å². The van der Waals surface area contributed by atoms with Gasteiger partial charge >= 0.3 is 0 Å². The molecule has 4 aromatic rings. The Kier molecular flexibility index (Phi) is 9.55. The van der Waals surface area contributed by atoms with Gasteiger partial charge in [-0.3, -0.25) is 14.2 Å². The first-order valence-corrected chi connectivity index (χ1v) is 14.1. The fraction of sp³-hybridized carbons (Fsp3) is 0.296. The van der Waals surface area contributed by atoms with Gasteiger partial charge in [0.05, 0.1) is 5.52 Å². The van der Waals surface area contributed by atoms with E-state index >= 15 is 0 Å². The number of carbonyl (C=O) groups is 1. The van der Waals surface area contributed by atoms with Crippen LogP contribution in [0.1, 0.15) is 36.8 Å². The van der Waals surface area contributed by atoms with Crippen LogP contribution in [0.25, 0.3) is 10.2 Å². The highest BCUT2D eigenvalue weighted by atomic mass is 35.5. The van der Waals surface area contributed by atoms with Crippen molar-refractivity contribution in [3.8, 4) is 0 Å². The van der Waals surface area contributed by atoms with E-state index in [0.29, 0.717) is 45.7 Å². The monoisotopic (exact) mass is 543 g/mol. The molecule has 1 N–H and O–H groups in total. The van der Waals surface area contributed by atoms with Crippen LogP contribution in [-0.4, -0.2) is 22.0 Å². The van der Waals surface area contributed by atoms with Crippen LogP contribution in [0.4, 0.5) is 4.39 Å². The van der Waals surface area contributed by atoms with Gasteiger partial charge in [0.25, 0.3) is 5.56 Å². The van der Waals surface area contributed by atoms with E-state index in [1.165, 1.54) is 40.8 Å². The van der Waals surface area contributed by atoms with Crippen molar-refractivity contribution in [3.05, 3.63) is 92.3 Å². The molecule has 0 spiro atoms. The lowest BCUT2D eigenvalue weighted by Crippen LogP contribution is -2.25. The van der Waals surface area contributed by atoms with E-state index in [2.05, 4.69) is 17.4 Å². The summed E-state index contributed by atoms with van der Waals surface area (Å²) in [4.78, 5) is 30.0. The summed E-state index contributed by atoms with van der Waals surface area (Å²) < 4.78 is 15.7. The SMILES string of the molecule is O=C(CCCCCn1c(SCc2ccc(F)cc2Cl)nc2ccsc2c1=O)NCCc1ccccc1. The van der Waals surface area contributed by atoms with Crippen molar-refractivity contribution in [1.82, 2.24) is 14.9 Å². The van der Waals surface area contributed by atoms with E-state index in [-0.39, 0.29) is 17.3 Å². The number of nitrogens with zero attached hydrogens (tertiary/aromatic N) is 2. The lowest BCUT2D eigenvalue weighted by molar-refractivity contribution is -0.121. The zero-order chi connectivity index (χ0) is 25.3. The minimum absolute atomic E-state index is 0.0530. The van der Waals surface area contributed by atoms with Crippen LogP contribution in [0.3, 0.4) is 0 Å². The van der Waals surface area contributed by atoms with E-state index in [9.17, 15) is 14.0 Å². The van der Waals surface area contributed by atoms with Gasteiger partial charge in [-0.25, -0.2) is 9.37 Å². The predicted octanol–water partition coefficient (Wildman–Crippen LogP) is 6.46. The topological polar surface area (TPSA) is 64.0 Å². The molecule has 188 valence electrons. The van der Waals surface area contributed by atoms with Gasteiger partial charge in [-0.2, -0.15) is 0 Å². The summed E-state index contributed by atoms with van der Waals surface area (Å²) in [6.45, 7) is 1.15. The second kappa shape index (κ2) is 13.0. The van der Waals surface area contributed by atoms with E-state index in [0.717, 1.165) is 31.2 Å². The van der Waals surface area contributed by atoms with Crippen LogP contribution in [0.2, 0.25) is 5.02 Å². The van der Waals surface area contributed by atoms with Gasteiger partial charge in [-0.05, 0) is 54.0 Å². The Morgan fingerprint density at radius 2 is 1.94 bits per heavy atom. The fourth-order valence-corrected chi connectivity index (χ4v) is 5.94. The highest BCUT2D eigenvalue weighted by Crippen LogP contribution is 2.28. The molecule has 36 heavy (non-hydrogen) atoms. The first kappa shape index (κ1) is 26.4. The molecule has 2 aromatic carbocycles. The average Bonchev–Trinajstić information content (AvgIpc) is 3.34. The number of rotatable bonds is 12. The molecule has 9 heteroatoms. The largest absolute Gasteiger partial charge is 0.356 e. The van der Waals surface area contributed by atoms with Gasteiger partial charge in [-0.1, -0.05) is 66.2 Å². The molecule has 0 aliphatic rings. The van der Waals surface area contributed by atoms with Crippen molar-refractivity contribution in [2.24, 2.45) is 0 Å². The number of benzene rings is 2.